The van der Waals surface area contributed by atoms with E-state index in [9.17, 15) is 0 Å². The zero-order chi connectivity index (χ0) is 17.4. The van der Waals surface area contributed by atoms with Gasteiger partial charge in [0.1, 0.15) is 5.75 Å². The van der Waals surface area contributed by atoms with Crippen LogP contribution in [-0.4, -0.2) is 28.9 Å². The first-order valence-electron chi connectivity index (χ1n) is 8.15. The molecular formula is C18H24Cl2N3OS-. The van der Waals surface area contributed by atoms with Crippen molar-refractivity contribution < 1.29 is 17.1 Å². The zero-order valence-corrected chi connectivity index (χ0v) is 17.1. The van der Waals surface area contributed by atoms with Crippen LogP contribution in [0.25, 0.3) is 0 Å². The number of hydrogen-bond donors (Lipinski definition) is 1. The van der Waals surface area contributed by atoms with Gasteiger partial charge in [0.2, 0.25) is 0 Å². The van der Waals surface area contributed by atoms with Crippen molar-refractivity contribution in [2.45, 2.75) is 38.9 Å². The van der Waals surface area contributed by atoms with Crippen LogP contribution in [0.15, 0.2) is 29.4 Å². The quantitative estimate of drug-likeness (QED) is 0.391. The fourth-order valence-corrected chi connectivity index (χ4v) is 3.41. The van der Waals surface area contributed by atoms with Crippen molar-refractivity contribution in [3.63, 3.8) is 0 Å². The Labute approximate surface area is 165 Å². The summed E-state index contributed by atoms with van der Waals surface area (Å²) in [6, 6.07) is 7.73. The van der Waals surface area contributed by atoms with Crippen LogP contribution in [0, 0.1) is 13.8 Å². The maximum atomic E-state index is 6.07. The molecule has 0 saturated carbocycles. The van der Waals surface area contributed by atoms with Gasteiger partial charge in [-0.15, -0.1) is 0 Å². The summed E-state index contributed by atoms with van der Waals surface area (Å²) in [4.78, 5) is 8.88. The van der Waals surface area contributed by atoms with Crippen LogP contribution in [-0.2, 0) is 6.54 Å². The number of ether oxygens (including phenoxy) is 1. The smallest absolute Gasteiger partial charge is 0.187 e. The van der Waals surface area contributed by atoms with Gasteiger partial charge in [0.25, 0.3) is 0 Å². The summed E-state index contributed by atoms with van der Waals surface area (Å²) in [5, 5.41) is 5.04. The minimum Gasteiger partial charge on any atom is -1.00 e. The van der Waals surface area contributed by atoms with Crippen LogP contribution in [0.2, 0.25) is 5.02 Å². The van der Waals surface area contributed by atoms with Crippen molar-refractivity contribution in [3.8, 4) is 5.75 Å². The van der Waals surface area contributed by atoms with E-state index >= 15 is 0 Å². The van der Waals surface area contributed by atoms with Gasteiger partial charge in [0.05, 0.1) is 6.61 Å². The lowest BCUT2D eigenvalue weighted by atomic mass is 10.2. The summed E-state index contributed by atoms with van der Waals surface area (Å²) >= 11 is 7.77. The molecular weight excluding hydrogens is 377 g/mol. The number of thioether (sulfide) groups is 1. The van der Waals surface area contributed by atoms with Gasteiger partial charge in [0, 0.05) is 34.3 Å². The SMILES string of the molecule is CCOc1ccc(Cl)cc1CNCCCSc1nc(C)cc(C)n1.[Cl-]. The molecule has 0 aliphatic carbocycles. The third-order valence-electron chi connectivity index (χ3n) is 3.33. The topological polar surface area (TPSA) is 47.0 Å². The lowest BCUT2D eigenvalue weighted by Gasteiger charge is -2.11. The van der Waals surface area contributed by atoms with Crippen LogP contribution in [0.5, 0.6) is 5.75 Å². The van der Waals surface area contributed by atoms with Crippen molar-refractivity contribution in [1.82, 2.24) is 15.3 Å². The Morgan fingerprint density at radius 2 is 1.88 bits per heavy atom. The lowest BCUT2D eigenvalue weighted by molar-refractivity contribution is -0.00000572. The van der Waals surface area contributed by atoms with Gasteiger partial charge in [-0.1, -0.05) is 23.4 Å². The molecule has 0 aliphatic heterocycles. The average Bonchev–Trinajstić information content (AvgIpc) is 2.52. The Morgan fingerprint density at radius 1 is 1.16 bits per heavy atom. The summed E-state index contributed by atoms with van der Waals surface area (Å²) < 4.78 is 5.63. The Kier molecular flexibility index (Phi) is 10.2. The van der Waals surface area contributed by atoms with Crippen LogP contribution in [0.3, 0.4) is 0 Å². The molecule has 138 valence electrons. The largest absolute Gasteiger partial charge is 1.00 e. The van der Waals surface area contributed by atoms with E-state index in [2.05, 4.69) is 15.3 Å². The molecule has 0 radical (unpaired) electrons. The van der Waals surface area contributed by atoms with Gasteiger partial charge in [0.15, 0.2) is 5.16 Å². The highest BCUT2D eigenvalue weighted by molar-refractivity contribution is 7.99. The third kappa shape index (κ3) is 7.82. The molecule has 1 N–H and O–H groups in total. The van der Waals surface area contributed by atoms with E-state index in [1.54, 1.807) is 11.8 Å². The lowest BCUT2D eigenvalue weighted by Crippen LogP contribution is -3.00. The second-order valence-electron chi connectivity index (χ2n) is 5.50. The minimum absolute atomic E-state index is 0. The minimum atomic E-state index is 0. The molecule has 1 aromatic heterocycles. The van der Waals surface area contributed by atoms with Gasteiger partial charge in [-0.2, -0.15) is 0 Å². The number of benzene rings is 1. The number of nitrogens with one attached hydrogen (secondary N) is 1. The summed E-state index contributed by atoms with van der Waals surface area (Å²) in [7, 11) is 0. The highest BCUT2D eigenvalue weighted by Gasteiger charge is 2.04. The zero-order valence-electron chi connectivity index (χ0n) is 14.8. The van der Waals surface area contributed by atoms with Gasteiger partial charge in [-0.25, -0.2) is 9.97 Å². The molecule has 2 aromatic rings. The van der Waals surface area contributed by atoms with Gasteiger partial charge < -0.3 is 22.5 Å². The average molecular weight is 401 g/mol. The fraction of sp³-hybridized carbons (Fsp3) is 0.444. The summed E-state index contributed by atoms with van der Waals surface area (Å²) in [6.07, 6.45) is 1.05. The molecule has 0 fully saturated rings. The molecule has 4 nitrogen and oxygen atoms in total. The molecule has 1 aromatic carbocycles. The second kappa shape index (κ2) is 11.6. The molecule has 1 heterocycles. The maximum Gasteiger partial charge on any atom is 0.187 e. The van der Waals surface area contributed by atoms with Gasteiger partial charge >= 0.3 is 0 Å². The standard InChI is InChI=1S/C18H24ClN3OS.ClH/c1-4-23-17-7-6-16(19)11-15(17)12-20-8-5-9-24-18-21-13(2)10-14(3)22-18;/h6-7,10-11,20H,4-5,8-9,12H2,1-3H3;1H/p-1. The summed E-state index contributed by atoms with van der Waals surface area (Å²) in [6.45, 7) is 8.32. The Bertz CT molecular complexity index is 651. The first-order chi connectivity index (χ1) is 11.6. The number of aromatic nitrogens is 2. The van der Waals surface area contributed by atoms with Crippen molar-refractivity contribution in [2.75, 3.05) is 18.9 Å². The van der Waals surface area contributed by atoms with Crippen molar-refractivity contribution in [2.24, 2.45) is 0 Å². The van der Waals surface area contributed by atoms with Gasteiger partial charge in [-0.05, 0) is 58.0 Å². The van der Waals surface area contributed by atoms with E-state index in [0.29, 0.717) is 6.61 Å². The van der Waals surface area contributed by atoms with E-state index in [1.165, 1.54) is 0 Å². The first kappa shape index (κ1) is 22.0. The van der Waals surface area contributed by atoms with Crippen LogP contribution < -0.4 is 22.5 Å². The third-order valence-corrected chi connectivity index (χ3v) is 4.50. The Morgan fingerprint density at radius 3 is 2.56 bits per heavy atom. The number of aryl methyl sites for hydroxylation is 2. The first-order valence-corrected chi connectivity index (χ1v) is 9.52. The van der Waals surface area contributed by atoms with E-state index in [-0.39, 0.29) is 12.4 Å². The summed E-state index contributed by atoms with van der Waals surface area (Å²) in [5.41, 5.74) is 3.13. The molecule has 0 spiro atoms. The molecule has 0 aliphatic rings. The Balaban J connectivity index is 0.00000312. The van der Waals surface area contributed by atoms with E-state index in [0.717, 1.165) is 58.1 Å². The molecule has 7 heteroatoms. The van der Waals surface area contributed by atoms with Crippen LogP contribution >= 0.6 is 23.4 Å². The Hall–Kier alpha value is -1.01. The number of nitrogens with zero attached hydrogens (tertiary/aromatic N) is 2. The predicted octanol–water partition coefficient (Wildman–Crippen LogP) is 1.42. The molecule has 0 unspecified atom stereocenters. The summed E-state index contributed by atoms with van der Waals surface area (Å²) in [5.74, 6) is 1.89. The molecule has 0 atom stereocenters. The van der Waals surface area contributed by atoms with Crippen molar-refractivity contribution >= 4 is 23.4 Å². The highest BCUT2D eigenvalue weighted by atomic mass is 35.5. The predicted molar refractivity (Wildman–Crippen MR) is 101 cm³/mol. The van der Waals surface area contributed by atoms with E-state index in [4.69, 9.17) is 16.3 Å². The van der Waals surface area contributed by atoms with Crippen molar-refractivity contribution in [3.05, 3.63) is 46.2 Å². The maximum absolute atomic E-state index is 6.07. The van der Waals surface area contributed by atoms with E-state index in [1.807, 2.05) is 45.0 Å². The highest BCUT2D eigenvalue weighted by Crippen LogP contribution is 2.23. The molecule has 2 rings (SSSR count). The second-order valence-corrected chi connectivity index (χ2v) is 7.00. The van der Waals surface area contributed by atoms with Gasteiger partial charge in [-0.3, -0.25) is 0 Å². The van der Waals surface area contributed by atoms with E-state index < -0.39 is 0 Å². The monoisotopic (exact) mass is 400 g/mol. The van der Waals surface area contributed by atoms with Crippen molar-refractivity contribution in [1.29, 1.82) is 0 Å². The molecule has 0 amide bonds. The van der Waals surface area contributed by atoms with Crippen LogP contribution in [0.4, 0.5) is 0 Å². The van der Waals surface area contributed by atoms with Crippen LogP contribution in [0.1, 0.15) is 30.3 Å². The fourth-order valence-electron chi connectivity index (χ4n) is 2.32. The normalized spacial score (nSPS) is 10.4. The number of rotatable bonds is 9. The molecule has 0 bridgehead atoms. The molecule has 0 saturated heterocycles. The number of hydrogen-bond acceptors (Lipinski definition) is 5. The molecule has 25 heavy (non-hydrogen) atoms. The number of halogens is 2.